The van der Waals surface area contributed by atoms with Gasteiger partial charge in [-0.1, -0.05) is 12.8 Å². The zero-order valence-electron chi connectivity index (χ0n) is 8.29. The highest BCUT2D eigenvalue weighted by Crippen LogP contribution is 2.01. The van der Waals surface area contributed by atoms with Gasteiger partial charge in [-0.15, -0.1) is 0 Å². The van der Waals surface area contributed by atoms with Crippen LogP contribution in [0.3, 0.4) is 0 Å². The number of unbranched alkanes of at least 4 members (excludes halogenated alkanes) is 2. The van der Waals surface area contributed by atoms with Gasteiger partial charge in [-0.3, -0.25) is 4.79 Å². The lowest BCUT2D eigenvalue weighted by molar-refractivity contribution is -0.109. The zero-order valence-corrected chi connectivity index (χ0v) is 8.29. The van der Waals surface area contributed by atoms with E-state index < -0.39 is 0 Å². The normalized spacial score (nSPS) is 12.5. The molecule has 4 heteroatoms. The predicted molar refractivity (Wildman–Crippen MR) is 52.4 cm³/mol. The average molecular weight is 188 g/mol. The van der Waals surface area contributed by atoms with Crippen LogP contribution in [0.15, 0.2) is 0 Å². The Bertz CT molecular complexity index is 120. The summed E-state index contributed by atoms with van der Waals surface area (Å²) in [7, 11) is 1.71. The maximum atomic E-state index is 9.94. The van der Waals surface area contributed by atoms with E-state index in [-0.39, 0.29) is 6.04 Å². The van der Waals surface area contributed by atoms with Gasteiger partial charge >= 0.3 is 0 Å². The first-order chi connectivity index (χ1) is 6.31. The van der Waals surface area contributed by atoms with Gasteiger partial charge in [0.2, 0.25) is 6.41 Å². The van der Waals surface area contributed by atoms with Crippen LogP contribution < -0.4 is 11.1 Å². The Kier molecular flexibility index (Phi) is 9.03. The molecule has 0 aromatic rings. The Hall–Kier alpha value is -0.610. The van der Waals surface area contributed by atoms with Crippen molar-refractivity contribution in [1.82, 2.24) is 5.32 Å². The molecule has 0 heterocycles. The van der Waals surface area contributed by atoms with Gasteiger partial charge in [-0.05, 0) is 12.8 Å². The fraction of sp³-hybridized carbons (Fsp3) is 0.889. The lowest BCUT2D eigenvalue weighted by atomic mass is 10.1. The van der Waals surface area contributed by atoms with Crippen molar-refractivity contribution in [2.75, 3.05) is 20.3 Å². The van der Waals surface area contributed by atoms with Crippen molar-refractivity contribution in [2.45, 2.75) is 31.7 Å². The highest BCUT2D eigenvalue weighted by Gasteiger charge is 2.00. The van der Waals surface area contributed by atoms with Gasteiger partial charge in [-0.2, -0.15) is 0 Å². The topological polar surface area (TPSA) is 64.3 Å². The van der Waals surface area contributed by atoms with Crippen molar-refractivity contribution in [3.63, 3.8) is 0 Å². The smallest absolute Gasteiger partial charge is 0.207 e. The molecule has 78 valence electrons. The van der Waals surface area contributed by atoms with Gasteiger partial charge in [0, 0.05) is 26.3 Å². The third-order valence-corrected chi connectivity index (χ3v) is 1.89. The molecule has 0 fully saturated rings. The van der Waals surface area contributed by atoms with Gasteiger partial charge in [0.1, 0.15) is 0 Å². The van der Waals surface area contributed by atoms with E-state index in [1.165, 1.54) is 0 Å². The molecule has 3 N–H and O–H groups in total. The van der Waals surface area contributed by atoms with Crippen molar-refractivity contribution in [3.05, 3.63) is 0 Å². The Balaban J connectivity index is 3.07. The number of carbonyl (C=O) groups excluding carboxylic acids is 1. The van der Waals surface area contributed by atoms with Crippen molar-refractivity contribution < 1.29 is 9.53 Å². The van der Waals surface area contributed by atoms with Crippen LogP contribution in [-0.2, 0) is 9.53 Å². The second kappa shape index (κ2) is 9.48. The predicted octanol–water partition coefficient (Wildman–Crippen LogP) is 0.267. The number of ether oxygens (including phenoxy) is 1. The van der Waals surface area contributed by atoms with Crippen LogP contribution in [0.5, 0.6) is 0 Å². The second-order valence-electron chi connectivity index (χ2n) is 3.13. The largest absolute Gasteiger partial charge is 0.385 e. The Labute approximate surface area is 79.8 Å². The van der Waals surface area contributed by atoms with Crippen LogP contribution >= 0.6 is 0 Å². The first-order valence-electron chi connectivity index (χ1n) is 4.72. The lowest BCUT2D eigenvalue weighted by Crippen LogP contribution is -2.32. The van der Waals surface area contributed by atoms with Crippen LogP contribution in [0, 0.1) is 0 Å². The van der Waals surface area contributed by atoms with E-state index in [1.54, 1.807) is 7.11 Å². The van der Waals surface area contributed by atoms with E-state index in [0.717, 1.165) is 32.3 Å². The summed E-state index contributed by atoms with van der Waals surface area (Å²) in [6, 6.07) is 0.0905. The van der Waals surface area contributed by atoms with Crippen molar-refractivity contribution in [1.29, 1.82) is 0 Å². The molecule has 1 unspecified atom stereocenters. The standard InChI is InChI=1S/C9H20N2O2/c1-13-6-4-2-3-5-9(10)7-11-8-12/h8-9H,2-7,10H2,1H3,(H,11,12). The van der Waals surface area contributed by atoms with E-state index in [2.05, 4.69) is 5.32 Å². The van der Waals surface area contributed by atoms with Crippen LogP contribution in [0.25, 0.3) is 0 Å². The van der Waals surface area contributed by atoms with E-state index >= 15 is 0 Å². The molecule has 13 heavy (non-hydrogen) atoms. The highest BCUT2D eigenvalue weighted by atomic mass is 16.5. The molecule has 0 saturated carbocycles. The summed E-state index contributed by atoms with van der Waals surface area (Å²) in [5, 5.41) is 2.57. The molecule has 0 bridgehead atoms. The molecule has 0 aliphatic heterocycles. The fourth-order valence-electron chi connectivity index (χ4n) is 1.13. The number of carbonyl (C=O) groups is 1. The van der Waals surface area contributed by atoms with E-state index in [0.29, 0.717) is 13.0 Å². The second-order valence-corrected chi connectivity index (χ2v) is 3.13. The molecule has 0 aliphatic carbocycles. The Morgan fingerprint density at radius 3 is 2.85 bits per heavy atom. The number of nitrogens with one attached hydrogen (secondary N) is 1. The monoisotopic (exact) mass is 188 g/mol. The summed E-state index contributed by atoms with van der Waals surface area (Å²) in [6.07, 6.45) is 4.98. The molecule has 1 amide bonds. The van der Waals surface area contributed by atoms with Gasteiger partial charge in [0.15, 0.2) is 0 Å². The minimum Gasteiger partial charge on any atom is -0.385 e. The van der Waals surface area contributed by atoms with Gasteiger partial charge < -0.3 is 15.8 Å². The van der Waals surface area contributed by atoms with Crippen molar-refractivity contribution in [2.24, 2.45) is 5.73 Å². The quantitative estimate of drug-likeness (QED) is 0.403. The molecule has 0 aromatic heterocycles. The van der Waals surface area contributed by atoms with E-state index in [4.69, 9.17) is 10.5 Å². The number of amides is 1. The summed E-state index contributed by atoms with van der Waals surface area (Å²) < 4.78 is 4.92. The number of rotatable bonds is 9. The molecular formula is C9H20N2O2. The van der Waals surface area contributed by atoms with E-state index in [1.807, 2.05) is 0 Å². The molecular weight excluding hydrogens is 168 g/mol. The summed E-state index contributed by atoms with van der Waals surface area (Å²) in [4.78, 5) is 9.94. The van der Waals surface area contributed by atoms with E-state index in [9.17, 15) is 4.79 Å². The molecule has 0 aromatic carbocycles. The molecule has 0 radical (unpaired) electrons. The van der Waals surface area contributed by atoms with Gasteiger partial charge in [-0.25, -0.2) is 0 Å². The van der Waals surface area contributed by atoms with Crippen molar-refractivity contribution >= 4 is 6.41 Å². The van der Waals surface area contributed by atoms with Gasteiger partial charge in [0.25, 0.3) is 0 Å². The zero-order chi connectivity index (χ0) is 9.94. The molecule has 4 nitrogen and oxygen atoms in total. The minimum atomic E-state index is 0.0905. The first kappa shape index (κ1) is 12.4. The van der Waals surface area contributed by atoms with Crippen molar-refractivity contribution in [3.8, 4) is 0 Å². The third-order valence-electron chi connectivity index (χ3n) is 1.89. The Morgan fingerprint density at radius 2 is 2.23 bits per heavy atom. The molecule has 0 saturated heterocycles. The maximum Gasteiger partial charge on any atom is 0.207 e. The third kappa shape index (κ3) is 9.30. The summed E-state index contributed by atoms with van der Waals surface area (Å²) >= 11 is 0. The fourth-order valence-corrected chi connectivity index (χ4v) is 1.13. The highest BCUT2D eigenvalue weighted by molar-refractivity contribution is 5.45. The first-order valence-corrected chi connectivity index (χ1v) is 4.72. The summed E-state index contributed by atoms with van der Waals surface area (Å²) in [5.41, 5.74) is 5.72. The Morgan fingerprint density at radius 1 is 1.46 bits per heavy atom. The summed E-state index contributed by atoms with van der Waals surface area (Å²) in [6.45, 7) is 1.40. The number of hydrogen-bond acceptors (Lipinski definition) is 3. The van der Waals surface area contributed by atoms with Crippen LogP contribution in [0.2, 0.25) is 0 Å². The summed E-state index contributed by atoms with van der Waals surface area (Å²) in [5.74, 6) is 0. The van der Waals surface area contributed by atoms with Crippen LogP contribution in [-0.4, -0.2) is 32.7 Å². The number of nitrogens with two attached hydrogens (primary N) is 1. The number of hydrogen-bond donors (Lipinski definition) is 2. The maximum absolute atomic E-state index is 9.94. The number of methoxy groups -OCH3 is 1. The molecule has 0 spiro atoms. The average Bonchev–Trinajstić information content (AvgIpc) is 2.14. The van der Waals surface area contributed by atoms with Crippen LogP contribution in [0.1, 0.15) is 25.7 Å². The molecule has 0 aliphatic rings. The van der Waals surface area contributed by atoms with Gasteiger partial charge in [0.05, 0.1) is 0 Å². The lowest BCUT2D eigenvalue weighted by Gasteiger charge is -2.09. The molecule has 0 rings (SSSR count). The minimum absolute atomic E-state index is 0.0905. The van der Waals surface area contributed by atoms with Crippen LogP contribution in [0.4, 0.5) is 0 Å². The molecule has 1 atom stereocenters. The SMILES string of the molecule is COCCCCCC(N)CNC=O.